The Kier molecular flexibility index (Phi) is 11.1. The smallest absolute Gasteiger partial charge is 0.308 e. The molecule has 10 aromatic carbocycles. The highest BCUT2D eigenvalue weighted by Crippen LogP contribution is 2.49. The number of hydrogen-bond acceptors (Lipinski definition) is 2. The van der Waals surface area contributed by atoms with Crippen LogP contribution in [0.5, 0.6) is 0 Å². The van der Waals surface area contributed by atoms with Gasteiger partial charge in [-0.1, -0.05) is 140 Å². The van der Waals surface area contributed by atoms with Crippen LogP contribution in [0.4, 0.5) is 33.3 Å². The number of nitrogens with zero attached hydrogens (tertiary/aromatic N) is 6. The molecular weight excluding hydrogens is 960 g/mol. The fourth-order valence-corrected chi connectivity index (χ4v) is 10.7. The maximum absolute atomic E-state index is 17.2. The second kappa shape index (κ2) is 18.2. The first-order chi connectivity index (χ1) is 37.0. The lowest BCUT2D eigenvalue weighted by molar-refractivity contribution is -0.137. The van der Waals surface area contributed by atoms with Gasteiger partial charge in [0.2, 0.25) is 0 Å². The minimum absolute atomic E-state index is 0.209. The predicted molar refractivity (Wildman–Crippen MR) is 289 cm³/mol. The molecule has 0 radical (unpaired) electrons. The van der Waals surface area contributed by atoms with Gasteiger partial charge in [-0.05, 0) is 111 Å². The fraction of sp³-hybridized carbons (Fsp3) is 0.0154. The number of fused-ring (bicyclic) bond motifs is 6. The third-order valence-electron chi connectivity index (χ3n) is 14.0. The summed E-state index contributed by atoms with van der Waals surface area (Å²) in [5.41, 5.74) is 3.82. The van der Waals surface area contributed by atoms with E-state index in [4.69, 9.17) is 13.1 Å². The summed E-state index contributed by atoms with van der Waals surface area (Å²) in [6.07, 6.45) is -5.19. The molecule has 0 aliphatic rings. The average Bonchev–Trinajstić information content (AvgIpc) is 4.09. The summed E-state index contributed by atoms with van der Waals surface area (Å²) in [5, 5.41) is 22.6. The maximum atomic E-state index is 17.2. The molecule has 0 atom stereocenters. The lowest BCUT2D eigenvalue weighted by Crippen LogP contribution is -2.16. The van der Waals surface area contributed by atoms with Crippen LogP contribution in [0, 0.1) is 47.4 Å². The highest BCUT2D eigenvalue weighted by molar-refractivity contribution is 6.13. The molecule has 0 spiro atoms. The summed E-state index contributed by atoms with van der Waals surface area (Å²) in [5.74, 6) is -2.02. The van der Waals surface area contributed by atoms with Crippen molar-refractivity contribution in [3.8, 4) is 79.1 Å². The van der Waals surface area contributed by atoms with Crippen molar-refractivity contribution in [2.24, 2.45) is 0 Å². The van der Waals surface area contributed by atoms with E-state index in [0.717, 1.165) is 12.1 Å². The zero-order valence-electron chi connectivity index (χ0n) is 39.6. The minimum Gasteiger partial charge on any atom is -0.308 e. The van der Waals surface area contributed by atoms with Crippen LogP contribution in [0.1, 0.15) is 16.7 Å². The molecule has 12 aromatic rings. The Bertz CT molecular complexity index is 4100. The number of aromatic nitrogens is 2. The second-order valence-corrected chi connectivity index (χ2v) is 18.2. The van der Waals surface area contributed by atoms with Crippen LogP contribution in [0.3, 0.4) is 0 Å². The molecule has 0 aliphatic heterocycles. The van der Waals surface area contributed by atoms with Crippen molar-refractivity contribution < 1.29 is 22.0 Å². The monoisotopic (exact) mass is 992 g/mol. The molecule has 76 heavy (non-hydrogen) atoms. The molecule has 6 nitrogen and oxygen atoms in total. The molecule has 0 bridgehead atoms. The molecule has 0 aliphatic carbocycles. The third-order valence-corrected chi connectivity index (χ3v) is 14.0. The van der Waals surface area contributed by atoms with E-state index in [1.807, 2.05) is 0 Å². The number of halogens is 5. The van der Waals surface area contributed by atoms with Crippen LogP contribution < -0.4 is 0 Å². The lowest BCUT2D eigenvalue weighted by Gasteiger charge is -2.24. The van der Waals surface area contributed by atoms with Crippen LogP contribution in [-0.2, 0) is 6.18 Å². The molecule has 0 saturated heterocycles. The van der Waals surface area contributed by atoms with Crippen molar-refractivity contribution in [3.05, 3.63) is 251 Å². The summed E-state index contributed by atoms with van der Waals surface area (Å²) in [6, 6.07) is 58.9. The molecule has 0 saturated carbocycles. The van der Waals surface area contributed by atoms with Gasteiger partial charge < -0.3 is 9.13 Å². The van der Waals surface area contributed by atoms with E-state index in [9.17, 15) is 10.5 Å². The Morgan fingerprint density at radius 3 is 1.09 bits per heavy atom. The highest BCUT2D eigenvalue weighted by Gasteiger charge is 2.40. The van der Waals surface area contributed by atoms with Crippen LogP contribution in [0.15, 0.2) is 200 Å². The molecule has 2 aromatic heterocycles. The molecule has 12 rings (SSSR count). The summed E-state index contributed by atoms with van der Waals surface area (Å²) in [6.45, 7) is 16.0. The maximum Gasteiger partial charge on any atom is 0.420 e. The number of benzene rings is 10. The van der Waals surface area contributed by atoms with Crippen LogP contribution in [0.2, 0.25) is 0 Å². The van der Waals surface area contributed by atoms with Crippen molar-refractivity contribution in [1.29, 1.82) is 10.5 Å². The molecule has 358 valence electrons. The zero-order chi connectivity index (χ0) is 52.4. The lowest BCUT2D eigenvalue weighted by atomic mass is 9.97. The van der Waals surface area contributed by atoms with Crippen molar-refractivity contribution in [3.63, 3.8) is 0 Å². The molecule has 0 fully saturated rings. The highest BCUT2D eigenvalue weighted by atomic mass is 19.4. The zero-order valence-corrected chi connectivity index (χ0v) is 39.6. The van der Waals surface area contributed by atoms with E-state index in [1.54, 1.807) is 170 Å². The topological polar surface area (TPSA) is 66.2 Å². The van der Waals surface area contributed by atoms with Gasteiger partial charge in [-0.2, -0.15) is 23.7 Å². The summed E-state index contributed by atoms with van der Waals surface area (Å²) >= 11 is 0. The third kappa shape index (κ3) is 7.50. The van der Waals surface area contributed by atoms with Gasteiger partial charge in [0.15, 0.2) is 11.4 Å². The minimum atomic E-state index is -5.19. The molecule has 0 amide bonds. The molecule has 0 unspecified atom stereocenters. The Morgan fingerprint density at radius 1 is 0.395 bits per heavy atom. The largest absolute Gasteiger partial charge is 0.420 e. The van der Waals surface area contributed by atoms with E-state index >= 15 is 22.0 Å². The molecule has 0 N–H and O–H groups in total. The van der Waals surface area contributed by atoms with Gasteiger partial charge >= 0.3 is 6.18 Å². The summed E-state index contributed by atoms with van der Waals surface area (Å²) in [7, 11) is 0. The second-order valence-electron chi connectivity index (χ2n) is 18.2. The standard InChI is InChI=1S/C65H33F5N6/c1-73-55-20-9-7-16-47(55)40-24-28-51-49-26-22-38(45-14-5-3-12-42(45)36-71)30-57(49)75(59(51)32-40)61-34-44(63-53(66)18-11-19-54(63)67)35-62(64(61)65(68,69)70)76-58-31-39(46-15-6-4-13-43(46)37-72)23-27-50(58)52-29-25-41(33-60(52)76)48-17-8-10-21-56(48)74-2/h3-35H. The Labute approximate surface area is 431 Å². The fourth-order valence-electron chi connectivity index (χ4n) is 10.7. The van der Waals surface area contributed by atoms with E-state index in [1.165, 1.54) is 27.3 Å². The Morgan fingerprint density at radius 2 is 0.737 bits per heavy atom. The number of hydrogen-bond donors (Lipinski definition) is 0. The molecule has 11 heteroatoms. The van der Waals surface area contributed by atoms with Gasteiger partial charge in [-0.25, -0.2) is 18.5 Å². The van der Waals surface area contributed by atoms with Gasteiger partial charge in [-0.3, -0.25) is 0 Å². The van der Waals surface area contributed by atoms with Crippen molar-refractivity contribution in [1.82, 2.24) is 9.13 Å². The van der Waals surface area contributed by atoms with Crippen molar-refractivity contribution in [2.45, 2.75) is 6.18 Å². The van der Waals surface area contributed by atoms with E-state index < -0.39 is 40.3 Å². The number of alkyl halides is 3. The number of nitriles is 2. The SMILES string of the molecule is [C-]#[N+]c1ccccc1-c1ccc2c3ccc(-c4ccccc4C#N)cc3n(-c3cc(-c4c(F)cccc4F)cc(-n4c5cc(-c6ccccc6C#N)ccc5c5ccc(-c6ccccc6[N+]#[C-])cc54)c3C(F)(F)F)c2c1. The van der Waals surface area contributed by atoms with Crippen molar-refractivity contribution in [2.75, 3.05) is 0 Å². The number of para-hydroxylation sites is 2. The van der Waals surface area contributed by atoms with Gasteiger partial charge in [-0.15, -0.1) is 0 Å². The van der Waals surface area contributed by atoms with E-state index in [-0.39, 0.29) is 27.6 Å². The molecule has 2 heterocycles. The van der Waals surface area contributed by atoms with E-state index in [2.05, 4.69) is 21.8 Å². The Hall–Kier alpha value is -10.6. The quantitative estimate of drug-likeness (QED) is 0.118. The predicted octanol–water partition coefficient (Wildman–Crippen LogP) is 18.4. The Balaban J connectivity index is 1.29. The average molecular weight is 993 g/mol. The van der Waals surface area contributed by atoms with Gasteiger partial charge in [0.05, 0.1) is 75.4 Å². The number of rotatable bonds is 7. The van der Waals surface area contributed by atoms with Gasteiger partial charge in [0, 0.05) is 21.5 Å². The van der Waals surface area contributed by atoms with E-state index in [0.29, 0.717) is 88.6 Å². The van der Waals surface area contributed by atoms with Crippen molar-refractivity contribution >= 4 is 55.0 Å². The summed E-state index contributed by atoms with van der Waals surface area (Å²) < 4.78 is 87.7. The van der Waals surface area contributed by atoms with Gasteiger partial charge in [0.25, 0.3) is 0 Å². The normalized spacial score (nSPS) is 11.4. The van der Waals surface area contributed by atoms with Crippen LogP contribution in [0.25, 0.3) is 120 Å². The first-order valence-corrected chi connectivity index (χ1v) is 23.8. The first kappa shape index (κ1) is 46.5. The van der Waals surface area contributed by atoms with Crippen LogP contribution >= 0.6 is 0 Å². The van der Waals surface area contributed by atoms with Gasteiger partial charge in [0.1, 0.15) is 17.2 Å². The summed E-state index contributed by atoms with van der Waals surface area (Å²) in [4.78, 5) is 7.49. The van der Waals surface area contributed by atoms with Crippen LogP contribution in [-0.4, -0.2) is 9.13 Å². The molecular formula is C65H33F5N6. The first-order valence-electron chi connectivity index (χ1n) is 23.8.